The van der Waals surface area contributed by atoms with E-state index in [2.05, 4.69) is 73.1 Å². The highest BCUT2D eigenvalue weighted by Crippen LogP contribution is 2.30. The van der Waals surface area contributed by atoms with Crippen LogP contribution in [-0.2, 0) is 6.42 Å². The fourth-order valence-corrected chi connectivity index (χ4v) is 2.69. The molecule has 0 N–H and O–H groups in total. The number of rotatable bonds is 6. The molecule has 0 aliphatic rings. The van der Waals surface area contributed by atoms with Crippen molar-refractivity contribution in [1.82, 2.24) is 0 Å². The van der Waals surface area contributed by atoms with Crippen molar-refractivity contribution in [3.8, 4) is 0 Å². The number of nitrogens with zero attached hydrogens (tertiary/aromatic N) is 1. The van der Waals surface area contributed by atoms with Crippen LogP contribution < -0.4 is 0 Å². The number of quaternary nitrogens is 1. The van der Waals surface area contributed by atoms with Crippen LogP contribution in [0.25, 0.3) is 0 Å². The van der Waals surface area contributed by atoms with E-state index in [0.717, 1.165) is 16.3 Å². The van der Waals surface area contributed by atoms with Gasteiger partial charge in [0, 0.05) is 12.0 Å². The van der Waals surface area contributed by atoms with Gasteiger partial charge in [-0.3, -0.25) is 0 Å². The monoisotopic (exact) mass is 262 g/mol. The molecular weight excluding hydrogens is 230 g/mol. The molecule has 0 saturated carbocycles. The SMILES string of the molecule is CC(C)Cc1ccc(C(CC(C)C)[N+](C)(C)C)cc1. The molecule has 0 fully saturated rings. The molecular formula is C18H32N+. The van der Waals surface area contributed by atoms with E-state index in [-0.39, 0.29) is 0 Å². The molecule has 0 heterocycles. The minimum absolute atomic E-state index is 0.591. The first-order chi connectivity index (χ1) is 8.70. The van der Waals surface area contributed by atoms with Crippen LogP contribution in [0.1, 0.15) is 51.3 Å². The van der Waals surface area contributed by atoms with Gasteiger partial charge in [0.05, 0.1) is 21.1 Å². The van der Waals surface area contributed by atoms with Gasteiger partial charge in [0.25, 0.3) is 0 Å². The van der Waals surface area contributed by atoms with E-state index >= 15 is 0 Å². The lowest BCUT2D eigenvalue weighted by molar-refractivity contribution is -0.903. The maximum Gasteiger partial charge on any atom is 0.114 e. The summed E-state index contributed by atoms with van der Waals surface area (Å²) in [5.41, 5.74) is 2.94. The van der Waals surface area contributed by atoms with Gasteiger partial charge in [0.15, 0.2) is 0 Å². The van der Waals surface area contributed by atoms with Crippen LogP contribution in [0.15, 0.2) is 24.3 Å². The van der Waals surface area contributed by atoms with Crippen molar-refractivity contribution in [2.24, 2.45) is 11.8 Å². The Morgan fingerprint density at radius 2 is 1.37 bits per heavy atom. The molecule has 1 atom stereocenters. The lowest BCUT2D eigenvalue weighted by Crippen LogP contribution is -2.39. The molecule has 0 amide bonds. The Kier molecular flexibility index (Phi) is 5.61. The molecule has 1 nitrogen and oxygen atoms in total. The van der Waals surface area contributed by atoms with Gasteiger partial charge < -0.3 is 4.48 Å². The van der Waals surface area contributed by atoms with E-state index in [1.807, 2.05) is 0 Å². The maximum atomic E-state index is 2.34. The van der Waals surface area contributed by atoms with Gasteiger partial charge in [-0.2, -0.15) is 0 Å². The quantitative estimate of drug-likeness (QED) is 0.653. The summed E-state index contributed by atoms with van der Waals surface area (Å²) in [7, 11) is 6.90. The molecule has 0 radical (unpaired) electrons. The van der Waals surface area contributed by atoms with Crippen LogP contribution in [-0.4, -0.2) is 25.6 Å². The smallest absolute Gasteiger partial charge is 0.114 e. The zero-order chi connectivity index (χ0) is 14.6. The van der Waals surface area contributed by atoms with Gasteiger partial charge in [-0.05, 0) is 23.8 Å². The lowest BCUT2D eigenvalue weighted by atomic mass is 9.93. The van der Waals surface area contributed by atoms with E-state index in [4.69, 9.17) is 0 Å². The largest absolute Gasteiger partial charge is 0.325 e. The van der Waals surface area contributed by atoms with E-state index in [9.17, 15) is 0 Å². The van der Waals surface area contributed by atoms with Crippen molar-refractivity contribution in [2.45, 2.75) is 46.6 Å². The molecule has 0 bridgehead atoms. The number of hydrogen-bond acceptors (Lipinski definition) is 0. The lowest BCUT2D eigenvalue weighted by Gasteiger charge is -2.35. The minimum atomic E-state index is 0.591. The minimum Gasteiger partial charge on any atom is -0.325 e. The van der Waals surface area contributed by atoms with Crippen molar-refractivity contribution in [2.75, 3.05) is 21.1 Å². The molecule has 0 aromatic heterocycles. The molecule has 1 aromatic rings. The third-order valence-corrected chi connectivity index (χ3v) is 3.64. The summed E-state index contributed by atoms with van der Waals surface area (Å²) in [5, 5.41) is 0. The van der Waals surface area contributed by atoms with E-state index in [1.165, 1.54) is 24.0 Å². The van der Waals surface area contributed by atoms with Gasteiger partial charge in [-0.1, -0.05) is 52.0 Å². The second-order valence-electron chi connectivity index (χ2n) is 7.60. The second kappa shape index (κ2) is 6.56. The molecule has 1 rings (SSSR count). The third-order valence-electron chi connectivity index (χ3n) is 3.64. The number of benzene rings is 1. The molecule has 108 valence electrons. The van der Waals surface area contributed by atoms with Gasteiger partial charge >= 0.3 is 0 Å². The Balaban J connectivity index is 2.91. The van der Waals surface area contributed by atoms with Gasteiger partial charge in [0.2, 0.25) is 0 Å². The van der Waals surface area contributed by atoms with Crippen molar-refractivity contribution in [1.29, 1.82) is 0 Å². The molecule has 0 aliphatic carbocycles. The average Bonchev–Trinajstić information content (AvgIpc) is 2.25. The van der Waals surface area contributed by atoms with Crippen molar-refractivity contribution in [3.05, 3.63) is 35.4 Å². The summed E-state index contributed by atoms with van der Waals surface area (Å²) in [6.45, 7) is 9.19. The first-order valence-corrected chi connectivity index (χ1v) is 7.60. The second-order valence-corrected chi connectivity index (χ2v) is 7.60. The summed E-state index contributed by atoms with van der Waals surface area (Å²) >= 11 is 0. The first kappa shape index (κ1) is 16.2. The predicted octanol–water partition coefficient (Wildman–Crippen LogP) is 4.68. The average molecular weight is 262 g/mol. The Labute approximate surface area is 120 Å². The standard InChI is InChI=1S/C18H32N/c1-14(2)12-16-8-10-17(11-9-16)18(13-15(3)4)19(5,6)7/h8-11,14-15,18H,12-13H2,1-7H3/q+1. The summed E-state index contributed by atoms with van der Waals surface area (Å²) in [4.78, 5) is 0. The third kappa shape index (κ3) is 5.36. The summed E-state index contributed by atoms with van der Waals surface area (Å²) in [5.74, 6) is 1.47. The van der Waals surface area contributed by atoms with Gasteiger partial charge in [0.1, 0.15) is 6.04 Å². The van der Waals surface area contributed by atoms with Crippen LogP contribution in [0, 0.1) is 11.8 Å². The molecule has 0 saturated heterocycles. The highest BCUT2D eigenvalue weighted by Gasteiger charge is 2.26. The van der Waals surface area contributed by atoms with Crippen molar-refractivity contribution >= 4 is 0 Å². The Bertz CT molecular complexity index is 368. The summed E-state index contributed by atoms with van der Waals surface area (Å²) in [6, 6.07) is 9.91. The zero-order valence-corrected chi connectivity index (χ0v) is 13.9. The van der Waals surface area contributed by atoms with Crippen LogP contribution in [0.2, 0.25) is 0 Å². The fraction of sp³-hybridized carbons (Fsp3) is 0.667. The van der Waals surface area contributed by atoms with E-state index in [0.29, 0.717) is 6.04 Å². The Morgan fingerprint density at radius 1 is 0.842 bits per heavy atom. The van der Waals surface area contributed by atoms with Crippen molar-refractivity contribution in [3.63, 3.8) is 0 Å². The maximum absolute atomic E-state index is 2.34. The van der Waals surface area contributed by atoms with E-state index in [1.54, 1.807) is 0 Å². The van der Waals surface area contributed by atoms with Gasteiger partial charge in [-0.15, -0.1) is 0 Å². The van der Waals surface area contributed by atoms with Crippen LogP contribution in [0.5, 0.6) is 0 Å². The fourth-order valence-electron chi connectivity index (χ4n) is 2.69. The Morgan fingerprint density at radius 3 is 1.74 bits per heavy atom. The number of hydrogen-bond donors (Lipinski definition) is 0. The summed E-state index contributed by atoms with van der Waals surface area (Å²) in [6.07, 6.45) is 2.42. The Hall–Kier alpha value is -0.820. The van der Waals surface area contributed by atoms with Crippen LogP contribution in [0.4, 0.5) is 0 Å². The predicted molar refractivity (Wildman–Crippen MR) is 85.2 cm³/mol. The van der Waals surface area contributed by atoms with E-state index < -0.39 is 0 Å². The molecule has 1 heteroatoms. The normalized spacial score (nSPS) is 14.2. The van der Waals surface area contributed by atoms with Crippen LogP contribution in [0.3, 0.4) is 0 Å². The molecule has 19 heavy (non-hydrogen) atoms. The van der Waals surface area contributed by atoms with Crippen molar-refractivity contribution < 1.29 is 4.48 Å². The zero-order valence-electron chi connectivity index (χ0n) is 13.9. The molecule has 0 aliphatic heterocycles. The van der Waals surface area contributed by atoms with Gasteiger partial charge in [-0.25, -0.2) is 0 Å². The molecule has 1 aromatic carbocycles. The topological polar surface area (TPSA) is 0 Å². The summed E-state index contributed by atoms with van der Waals surface area (Å²) < 4.78 is 1.00. The van der Waals surface area contributed by atoms with Crippen LogP contribution >= 0.6 is 0 Å². The molecule has 1 unspecified atom stereocenters. The highest BCUT2D eigenvalue weighted by molar-refractivity contribution is 5.24. The highest BCUT2D eigenvalue weighted by atomic mass is 15.3. The molecule has 0 spiro atoms. The first-order valence-electron chi connectivity index (χ1n) is 7.60.